The molecule has 0 bridgehead atoms. The van der Waals surface area contributed by atoms with E-state index < -0.39 is 19.8 Å². The van der Waals surface area contributed by atoms with Gasteiger partial charge in [0.05, 0.1) is 0 Å². The summed E-state index contributed by atoms with van der Waals surface area (Å²) in [6.07, 6.45) is 14.6. The van der Waals surface area contributed by atoms with Crippen molar-refractivity contribution in [3.63, 3.8) is 0 Å². The van der Waals surface area contributed by atoms with Crippen LogP contribution in [-0.2, 0) is 0 Å². The minimum absolute atomic E-state index is 0. The fourth-order valence-electron chi connectivity index (χ4n) is 4.27. The summed E-state index contributed by atoms with van der Waals surface area (Å²) in [6.45, 7) is 0. The van der Waals surface area contributed by atoms with Gasteiger partial charge in [0.25, 0.3) is 0 Å². The van der Waals surface area contributed by atoms with Crippen LogP contribution in [0.3, 0.4) is 0 Å². The molecule has 0 amide bonds. The van der Waals surface area contributed by atoms with Crippen molar-refractivity contribution in [1.82, 2.24) is 0 Å². The maximum atomic E-state index is 13.3. The maximum absolute atomic E-state index is 13.3. The van der Waals surface area contributed by atoms with Gasteiger partial charge < -0.3 is 0 Å². The molecule has 117 valence electrons. The van der Waals surface area contributed by atoms with Gasteiger partial charge in [0.15, 0.2) is 0 Å². The molecule has 1 aromatic carbocycles. The first-order valence-electron chi connectivity index (χ1n) is 8.47. The van der Waals surface area contributed by atoms with E-state index in [4.69, 9.17) is 0 Å². The Morgan fingerprint density at radius 1 is 0.714 bits per heavy atom. The second kappa shape index (κ2) is 8.90. The number of hydrogen-bond donors (Lipinski definition) is 0. The van der Waals surface area contributed by atoms with Crippen molar-refractivity contribution in [2.75, 3.05) is 0 Å². The Balaban J connectivity index is 0.00000161. The SMILES string of the molecule is Br.Fc1cc[c]([Sn]([CH]2CCCCC2)[CH]2CCCCC2)cc1. The van der Waals surface area contributed by atoms with Crippen molar-refractivity contribution >= 4 is 40.3 Å². The van der Waals surface area contributed by atoms with Crippen LogP contribution in [0.4, 0.5) is 4.39 Å². The first-order chi connectivity index (χ1) is 9.84. The first-order valence-corrected chi connectivity index (χ1v) is 13.2. The van der Waals surface area contributed by atoms with Crippen molar-refractivity contribution in [2.45, 2.75) is 72.1 Å². The molecule has 0 N–H and O–H groups in total. The molecule has 21 heavy (non-hydrogen) atoms. The van der Waals surface area contributed by atoms with Crippen LogP contribution in [0.2, 0.25) is 7.87 Å². The average molecular weight is 461 g/mol. The molecule has 3 rings (SSSR count). The summed E-state index contributed by atoms with van der Waals surface area (Å²) >= 11 is -1.62. The van der Waals surface area contributed by atoms with Crippen molar-refractivity contribution in [2.24, 2.45) is 0 Å². The monoisotopic (exact) mass is 461 g/mol. The summed E-state index contributed by atoms with van der Waals surface area (Å²) in [5.74, 6) is -0.0660. The molecule has 0 heterocycles. The predicted octanol–water partition coefficient (Wildman–Crippen LogP) is 5.77. The van der Waals surface area contributed by atoms with Gasteiger partial charge in [-0.2, -0.15) is 0 Å². The zero-order valence-electron chi connectivity index (χ0n) is 12.8. The first kappa shape index (κ1) is 17.8. The van der Waals surface area contributed by atoms with Gasteiger partial charge in [-0.05, 0) is 0 Å². The zero-order chi connectivity index (χ0) is 13.8. The number of hydrogen-bond acceptors (Lipinski definition) is 0. The third-order valence-electron chi connectivity index (χ3n) is 5.27. The standard InChI is InChI=1S/C6H4F.2C6H11.BrH.Sn/c7-6-4-2-1-3-5-6;2*1-2-4-6-5-3-1;;/h2-5H;2*1H,2-6H2;1H;. The molecule has 2 aliphatic rings. The summed E-state index contributed by atoms with van der Waals surface area (Å²) < 4.78 is 16.9. The second-order valence-electron chi connectivity index (χ2n) is 6.63. The molecule has 3 heteroatoms. The van der Waals surface area contributed by atoms with E-state index in [1.165, 1.54) is 64.2 Å². The Labute approximate surface area is 146 Å². The third-order valence-corrected chi connectivity index (χ3v) is 16.4. The molecule has 1 radical (unpaired) electrons. The Bertz CT molecular complexity index is 390. The van der Waals surface area contributed by atoms with E-state index >= 15 is 0 Å². The molecule has 0 atom stereocenters. The van der Waals surface area contributed by atoms with Gasteiger partial charge in [0.2, 0.25) is 0 Å². The number of rotatable bonds is 3. The van der Waals surface area contributed by atoms with Crippen LogP contribution in [0.5, 0.6) is 0 Å². The average Bonchev–Trinajstić information content (AvgIpc) is 2.52. The fraction of sp³-hybridized carbons (Fsp3) is 0.667. The summed E-state index contributed by atoms with van der Waals surface area (Å²) in [4.78, 5) is 0. The molecule has 0 unspecified atom stereocenters. The molecule has 1 aromatic rings. The van der Waals surface area contributed by atoms with Crippen LogP contribution in [0.1, 0.15) is 64.2 Å². The van der Waals surface area contributed by atoms with Crippen molar-refractivity contribution in [1.29, 1.82) is 0 Å². The molecule has 2 fully saturated rings. The van der Waals surface area contributed by atoms with Crippen LogP contribution in [0.25, 0.3) is 0 Å². The molecule has 0 spiro atoms. The fourth-order valence-corrected chi connectivity index (χ4v) is 16.3. The second-order valence-corrected chi connectivity index (χ2v) is 15.5. The molecule has 2 saturated carbocycles. The Morgan fingerprint density at radius 3 is 1.57 bits per heavy atom. The Kier molecular flexibility index (Phi) is 7.54. The van der Waals surface area contributed by atoms with Gasteiger partial charge in [0, 0.05) is 0 Å². The molecule has 0 aromatic heterocycles. The van der Waals surface area contributed by atoms with Crippen molar-refractivity contribution < 1.29 is 4.39 Å². The normalized spacial score (nSPS) is 21.2. The van der Waals surface area contributed by atoms with E-state index in [-0.39, 0.29) is 22.8 Å². The Hall–Kier alpha value is 0.429. The van der Waals surface area contributed by atoms with Gasteiger partial charge in [0.1, 0.15) is 0 Å². The van der Waals surface area contributed by atoms with Crippen LogP contribution < -0.4 is 3.58 Å². The molecule has 2 aliphatic carbocycles. The Morgan fingerprint density at radius 2 is 1.14 bits per heavy atom. The number of halogens is 2. The van der Waals surface area contributed by atoms with Crippen LogP contribution in [0.15, 0.2) is 24.3 Å². The van der Waals surface area contributed by atoms with Gasteiger partial charge in [-0.3, -0.25) is 0 Å². The van der Waals surface area contributed by atoms with E-state index in [0.29, 0.717) is 0 Å². The molecular weight excluding hydrogens is 434 g/mol. The molecular formula is C18H27BrFSn. The van der Waals surface area contributed by atoms with Gasteiger partial charge in [-0.25, -0.2) is 0 Å². The van der Waals surface area contributed by atoms with E-state index in [2.05, 4.69) is 12.1 Å². The molecule has 0 aliphatic heterocycles. The minimum atomic E-state index is -1.62. The van der Waals surface area contributed by atoms with Crippen LogP contribution in [-0.4, -0.2) is 19.8 Å². The topological polar surface area (TPSA) is 0 Å². The predicted molar refractivity (Wildman–Crippen MR) is 95.8 cm³/mol. The van der Waals surface area contributed by atoms with Gasteiger partial charge in [-0.1, -0.05) is 0 Å². The quantitative estimate of drug-likeness (QED) is 0.502. The summed E-state index contributed by atoms with van der Waals surface area (Å²) in [7, 11) is 0. The van der Waals surface area contributed by atoms with Gasteiger partial charge >= 0.3 is 130 Å². The van der Waals surface area contributed by atoms with E-state index in [1.54, 1.807) is 15.7 Å². The van der Waals surface area contributed by atoms with Crippen molar-refractivity contribution in [3.8, 4) is 0 Å². The van der Waals surface area contributed by atoms with Crippen LogP contribution in [0, 0.1) is 5.82 Å². The van der Waals surface area contributed by atoms with E-state index in [0.717, 1.165) is 7.87 Å². The van der Waals surface area contributed by atoms with E-state index in [9.17, 15) is 4.39 Å². The van der Waals surface area contributed by atoms with Crippen molar-refractivity contribution in [3.05, 3.63) is 30.1 Å². The third kappa shape index (κ3) is 4.70. The van der Waals surface area contributed by atoms with Gasteiger partial charge in [-0.15, -0.1) is 17.0 Å². The van der Waals surface area contributed by atoms with Crippen LogP contribution >= 0.6 is 17.0 Å². The number of benzene rings is 1. The summed E-state index contributed by atoms with van der Waals surface area (Å²) in [6, 6.07) is 7.71. The van der Waals surface area contributed by atoms with E-state index in [1.807, 2.05) is 0 Å². The summed E-state index contributed by atoms with van der Waals surface area (Å²) in [5, 5.41) is 0. The zero-order valence-corrected chi connectivity index (χ0v) is 17.4. The molecule has 0 nitrogen and oxygen atoms in total. The summed E-state index contributed by atoms with van der Waals surface area (Å²) in [5.41, 5.74) is 0. The molecule has 0 saturated heterocycles.